The van der Waals surface area contributed by atoms with Gasteiger partial charge in [0.1, 0.15) is 5.66 Å². The van der Waals surface area contributed by atoms with Crippen molar-refractivity contribution in [1.29, 1.82) is 0 Å². The first-order valence-electron chi connectivity index (χ1n) is 9.49. The molecule has 4 rings (SSSR count). The second-order valence-corrected chi connectivity index (χ2v) is 7.51. The summed E-state index contributed by atoms with van der Waals surface area (Å²) in [5.74, 6) is 0.260. The molecule has 2 aliphatic rings. The van der Waals surface area contributed by atoms with E-state index in [1.807, 2.05) is 47.4 Å². The molecule has 2 aliphatic heterocycles. The first kappa shape index (κ1) is 17.1. The zero-order chi connectivity index (χ0) is 18.1. The van der Waals surface area contributed by atoms with Crippen molar-refractivity contribution in [2.24, 2.45) is 5.92 Å². The first-order valence-corrected chi connectivity index (χ1v) is 9.49. The number of fused-ring (bicyclic) bond motifs is 1. The molecule has 4 heteroatoms. The number of carbonyl (C=O) groups excluding carboxylic acids is 1. The van der Waals surface area contributed by atoms with E-state index in [9.17, 15) is 4.79 Å². The molecule has 2 aromatic rings. The van der Waals surface area contributed by atoms with Crippen molar-refractivity contribution in [2.45, 2.75) is 38.5 Å². The summed E-state index contributed by atoms with van der Waals surface area (Å²) in [5.41, 5.74) is 2.16. The lowest BCUT2D eigenvalue weighted by Crippen LogP contribution is -2.62. The van der Waals surface area contributed by atoms with Crippen LogP contribution in [0.4, 0.5) is 5.69 Å². The van der Waals surface area contributed by atoms with E-state index >= 15 is 0 Å². The molecular formula is C22H26N2O2. The molecule has 1 N–H and O–H groups in total. The first-order chi connectivity index (χ1) is 12.6. The molecule has 0 aliphatic carbocycles. The van der Waals surface area contributed by atoms with Crippen molar-refractivity contribution in [3.8, 4) is 0 Å². The maximum absolute atomic E-state index is 13.5. The Bertz CT molecular complexity index is 784. The van der Waals surface area contributed by atoms with Crippen molar-refractivity contribution in [2.75, 3.05) is 18.5 Å². The number of amides is 1. The summed E-state index contributed by atoms with van der Waals surface area (Å²) in [6.45, 7) is 5.73. The van der Waals surface area contributed by atoms with Crippen LogP contribution in [0.15, 0.2) is 54.6 Å². The third-order valence-corrected chi connectivity index (χ3v) is 5.61. The maximum Gasteiger partial charge on any atom is 0.258 e. The molecule has 2 heterocycles. The summed E-state index contributed by atoms with van der Waals surface area (Å²) in [6, 6.07) is 18.1. The van der Waals surface area contributed by atoms with Crippen LogP contribution in [0.1, 0.15) is 42.6 Å². The van der Waals surface area contributed by atoms with Gasteiger partial charge in [0.25, 0.3) is 5.91 Å². The molecule has 26 heavy (non-hydrogen) atoms. The summed E-state index contributed by atoms with van der Waals surface area (Å²) < 4.78 is 5.88. The van der Waals surface area contributed by atoms with Crippen LogP contribution in [0.5, 0.6) is 0 Å². The summed E-state index contributed by atoms with van der Waals surface area (Å²) in [5, 5.41) is 3.73. The number of ether oxygens (including phenoxy) is 1. The predicted molar refractivity (Wildman–Crippen MR) is 103 cm³/mol. The Morgan fingerprint density at radius 3 is 2.58 bits per heavy atom. The highest BCUT2D eigenvalue weighted by Gasteiger charge is 2.49. The minimum absolute atomic E-state index is 0.0763. The van der Waals surface area contributed by atoms with Gasteiger partial charge >= 0.3 is 0 Å². The van der Waals surface area contributed by atoms with E-state index in [-0.39, 0.29) is 17.9 Å². The zero-order valence-corrected chi connectivity index (χ0v) is 15.4. The van der Waals surface area contributed by atoms with Crippen LogP contribution < -0.4 is 5.32 Å². The minimum Gasteiger partial charge on any atom is -0.376 e. The molecule has 2 atom stereocenters. The van der Waals surface area contributed by atoms with Gasteiger partial charge in [-0.1, -0.05) is 56.3 Å². The molecule has 2 unspecified atom stereocenters. The normalized spacial score (nSPS) is 25.3. The molecule has 1 fully saturated rings. The third kappa shape index (κ3) is 2.69. The lowest BCUT2D eigenvalue weighted by atomic mass is 9.83. The second-order valence-electron chi connectivity index (χ2n) is 7.51. The van der Waals surface area contributed by atoms with Crippen LogP contribution in [-0.2, 0) is 10.4 Å². The topological polar surface area (TPSA) is 41.6 Å². The molecule has 1 amide bonds. The van der Waals surface area contributed by atoms with Gasteiger partial charge in [0, 0.05) is 18.8 Å². The number of benzene rings is 2. The highest BCUT2D eigenvalue weighted by molar-refractivity contribution is 6.02. The monoisotopic (exact) mass is 350 g/mol. The SMILES string of the molecule is CC(C)C1(c2ccccc2)Nc2ccccc2C(=O)N1CC1CCCO1. The van der Waals surface area contributed by atoms with E-state index in [4.69, 9.17) is 4.74 Å². The fourth-order valence-electron chi connectivity index (χ4n) is 4.29. The van der Waals surface area contributed by atoms with E-state index in [1.165, 1.54) is 0 Å². The van der Waals surface area contributed by atoms with Crippen LogP contribution in [-0.4, -0.2) is 30.1 Å². The van der Waals surface area contributed by atoms with Gasteiger partial charge < -0.3 is 15.0 Å². The number of hydrogen-bond donors (Lipinski definition) is 1. The Morgan fingerprint density at radius 1 is 1.15 bits per heavy atom. The van der Waals surface area contributed by atoms with Crippen LogP contribution in [0, 0.1) is 5.92 Å². The standard InChI is InChI=1S/C22H26N2O2/c1-16(2)22(17-9-4-3-5-10-17)23-20-13-7-6-12-19(20)21(25)24(22)15-18-11-8-14-26-18/h3-7,9-10,12-13,16,18,23H,8,11,14-15H2,1-2H3. The number of nitrogens with zero attached hydrogens (tertiary/aromatic N) is 1. The molecule has 4 nitrogen and oxygen atoms in total. The molecule has 0 aromatic heterocycles. The van der Waals surface area contributed by atoms with Crippen LogP contribution in [0.2, 0.25) is 0 Å². The summed E-state index contributed by atoms with van der Waals surface area (Å²) in [7, 11) is 0. The van der Waals surface area contributed by atoms with Gasteiger partial charge in [-0.15, -0.1) is 0 Å². The quantitative estimate of drug-likeness (QED) is 0.897. The number of hydrogen-bond acceptors (Lipinski definition) is 3. The molecule has 2 aromatic carbocycles. The number of para-hydroxylation sites is 1. The molecule has 136 valence electrons. The van der Waals surface area contributed by atoms with E-state index in [0.29, 0.717) is 6.54 Å². The van der Waals surface area contributed by atoms with Crippen molar-refractivity contribution in [3.63, 3.8) is 0 Å². The van der Waals surface area contributed by atoms with Gasteiger partial charge in [-0.2, -0.15) is 0 Å². The Morgan fingerprint density at radius 2 is 1.88 bits per heavy atom. The smallest absolute Gasteiger partial charge is 0.258 e. The van der Waals surface area contributed by atoms with Crippen molar-refractivity contribution in [1.82, 2.24) is 4.90 Å². The second kappa shape index (κ2) is 6.76. The fourth-order valence-corrected chi connectivity index (χ4v) is 4.29. The maximum atomic E-state index is 13.5. The number of nitrogens with one attached hydrogen (secondary N) is 1. The molecule has 1 saturated heterocycles. The average molecular weight is 350 g/mol. The van der Waals surface area contributed by atoms with Gasteiger partial charge in [-0.05, 0) is 36.5 Å². The number of anilines is 1. The van der Waals surface area contributed by atoms with Crippen LogP contribution >= 0.6 is 0 Å². The van der Waals surface area contributed by atoms with Crippen molar-refractivity contribution in [3.05, 3.63) is 65.7 Å². The Hall–Kier alpha value is -2.33. The highest BCUT2D eigenvalue weighted by Crippen LogP contribution is 2.43. The minimum atomic E-state index is -0.585. The molecule has 0 bridgehead atoms. The van der Waals surface area contributed by atoms with Gasteiger partial charge in [0.15, 0.2) is 0 Å². The van der Waals surface area contributed by atoms with Gasteiger partial charge in [0.05, 0.1) is 11.7 Å². The van der Waals surface area contributed by atoms with Gasteiger partial charge in [0.2, 0.25) is 0 Å². The Balaban J connectivity index is 1.86. The summed E-state index contributed by atoms with van der Waals surface area (Å²) in [4.78, 5) is 15.5. The molecule has 0 spiro atoms. The molecular weight excluding hydrogens is 324 g/mol. The van der Waals surface area contributed by atoms with E-state index in [1.54, 1.807) is 0 Å². The predicted octanol–water partition coefficient (Wildman–Crippen LogP) is 4.24. The van der Waals surface area contributed by atoms with Crippen molar-refractivity contribution >= 4 is 11.6 Å². The Labute approximate surface area is 155 Å². The lowest BCUT2D eigenvalue weighted by molar-refractivity contribution is 0.00621. The van der Waals surface area contributed by atoms with E-state index in [0.717, 1.165) is 36.3 Å². The van der Waals surface area contributed by atoms with Gasteiger partial charge in [-0.25, -0.2) is 0 Å². The zero-order valence-electron chi connectivity index (χ0n) is 15.4. The number of carbonyl (C=O) groups is 1. The van der Waals surface area contributed by atoms with E-state index < -0.39 is 5.66 Å². The average Bonchev–Trinajstić information content (AvgIpc) is 3.18. The summed E-state index contributed by atoms with van der Waals surface area (Å²) in [6.07, 6.45) is 2.18. The fraction of sp³-hybridized carbons (Fsp3) is 0.409. The number of rotatable bonds is 4. The Kier molecular flexibility index (Phi) is 4.45. The summed E-state index contributed by atoms with van der Waals surface area (Å²) >= 11 is 0. The largest absolute Gasteiger partial charge is 0.376 e. The third-order valence-electron chi connectivity index (χ3n) is 5.61. The lowest BCUT2D eigenvalue weighted by Gasteiger charge is -2.52. The van der Waals surface area contributed by atoms with Gasteiger partial charge in [-0.3, -0.25) is 4.79 Å². The van der Waals surface area contributed by atoms with Crippen LogP contribution in [0.25, 0.3) is 0 Å². The van der Waals surface area contributed by atoms with E-state index in [2.05, 4.69) is 31.3 Å². The molecule has 0 saturated carbocycles. The molecule has 0 radical (unpaired) electrons. The van der Waals surface area contributed by atoms with Crippen LogP contribution in [0.3, 0.4) is 0 Å². The highest BCUT2D eigenvalue weighted by atomic mass is 16.5. The van der Waals surface area contributed by atoms with Crippen molar-refractivity contribution < 1.29 is 9.53 Å².